The maximum Gasteiger partial charge on any atom is 0.0160 e. The van der Waals surface area contributed by atoms with Gasteiger partial charge in [0.25, 0.3) is 0 Å². The van der Waals surface area contributed by atoms with Gasteiger partial charge in [0.2, 0.25) is 0 Å². The van der Waals surface area contributed by atoms with Crippen molar-refractivity contribution < 1.29 is 0 Å². The summed E-state index contributed by atoms with van der Waals surface area (Å²) in [6, 6.07) is 19.3. The molecule has 94 valence electrons. The van der Waals surface area contributed by atoms with Crippen molar-refractivity contribution in [3.05, 3.63) is 84.5 Å². The third kappa shape index (κ3) is 2.99. The van der Waals surface area contributed by atoms with Crippen LogP contribution in [0.5, 0.6) is 0 Å². The van der Waals surface area contributed by atoms with Crippen molar-refractivity contribution in [3.8, 4) is 0 Å². The molecule has 0 spiro atoms. The van der Waals surface area contributed by atoms with Crippen LogP contribution >= 0.6 is 11.8 Å². The molecule has 2 aromatic rings. The molecule has 2 aromatic carbocycles. The molecule has 0 bridgehead atoms. The van der Waals surface area contributed by atoms with Crippen molar-refractivity contribution in [2.45, 2.75) is 22.1 Å². The number of hydrogen-bond acceptors (Lipinski definition) is 1. The predicted molar refractivity (Wildman–Crippen MR) is 82.6 cm³/mol. The predicted octanol–water partition coefficient (Wildman–Crippen LogP) is 5.44. The van der Waals surface area contributed by atoms with Gasteiger partial charge in [-0.25, -0.2) is 0 Å². The van der Waals surface area contributed by atoms with Crippen LogP contribution in [0.25, 0.3) is 0 Å². The molecule has 1 atom stereocenters. The lowest BCUT2D eigenvalue weighted by molar-refractivity contribution is 0.833. The van der Waals surface area contributed by atoms with E-state index in [9.17, 15) is 0 Å². The molecule has 0 N–H and O–H groups in total. The van der Waals surface area contributed by atoms with Crippen LogP contribution in [0.4, 0.5) is 0 Å². The normalized spacial score (nSPS) is 17.6. The van der Waals surface area contributed by atoms with Crippen molar-refractivity contribution in [2.75, 3.05) is 0 Å². The van der Waals surface area contributed by atoms with E-state index < -0.39 is 0 Å². The maximum absolute atomic E-state index is 2.30. The van der Waals surface area contributed by atoms with E-state index in [0.29, 0.717) is 5.92 Å². The molecular weight excluding hydrogens is 248 g/mol. The summed E-state index contributed by atoms with van der Waals surface area (Å²) in [6.45, 7) is 0. The molecule has 0 radical (unpaired) electrons. The molecule has 0 fully saturated rings. The molecule has 0 nitrogen and oxygen atoms in total. The van der Waals surface area contributed by atoms with Gasteiger partial charge in [0.15, 0.2) is 0 Å². The molecule has 0 saturated carbocycles. The monoisotopic (exact) mass is 264 g/mol. The Morgan fingerprint density at radius 1 is 0.842 bits per heavy atom. The molecule has 3 rings (SSSR count). The van der Waals surface area contributed by atoms with Crippen LogP contribution in [-0.2, 0) is 0 Å². The van der Waals surface area contributed by atoms with Crippen LogP contribution in [0.15, 0.2) is 88.7 Å². The topological polar surface area (TPSA) is 0 Å². The van der Waals surface area contributed by atoms with Gasteiger partial charge >= 0.3 is 0 Å². The average molecular weight is 264 g/mol. The van der Waals surface area contributed by atoms with Crippen molar-refractivity contribution in [3.63, 3.8) is 0 Å². The van der Waals surface area contributed by atoms with Gasteiger partial charge in [0.1, 0.15) is 0 Å². The van der Waals surface area contributed by atoms with Crippen molar-refractivity contribution in [1.29, 1.82) is 0 Å². The third-order valence-corrected chi connectivity index (χ3v) is 4.37. The second-order valence-corrected chi connectivity index (χ2v) is 5.72. The molecule has 19 heavy (non-hydrogen) atoms. The molecule has 0 saturated heterocycles. The van der Waals surface area contributed by atoms with Crippen LogP contribution in [0, 0.1) is 0 Å². The maximum atomic E-state index is 2.30. The third-order valence-electron chi connectivity index (χ3n) is 3.27. The number of benzene rings is 2. The Morgan fingerprint density at radius 2 is 1.63 bits per heavy atom. The van der Waals surface area contributed by atoms with Gasteiger partial charge in [-0.05, 0) is 30.2 Å². The molecule has 1 aliphatic rings. The van der Waals surface area contributed by atoms with Crippen molar-refractivity contribution >= 4 is 11.8 Å². The summed E-state index contributed by atoms with van der Waals surface area (Å²) < 4.78 is 0. The summed E-state index contributed by atoms with van der Waals surface area (Å²) in [6.07, 6.45) is 9.92. The minimum Gasteiger partial charge on any atom is -0.0898 e. The lowest BCUT2D eigenvalue weighted by Gasteiger charge is -2.17. The molecule has 1 aliphatic carbocycles. The number of hydrogen-bond donors (Lipinski definition) is 0. The molecule has 1 heteroatoms. The highest BCUT2D eigenvalue weighted by Gasteiger charge is 2.13. The van der Waals surface area contributed by atoms with Gasteiger partial charge in [-0.15, -0.1) is 0 Å². The second kappa shape index (κ2) is 5.94. The van der Waals surface area contributed by atoms with Crippen LogP contribution in [0.1, 0.15) is 17.9 Å². The zero-order valence-electron chi connectivity index (χ0n) is 10.7. The second-order valence-electron chi connectivity index (χ2n) is 4.61. The molecule has 0 aromatic heterocycles. The van der Waals surface area contributed by atoms with E-state index in [4.69, 9.17) is 0 Å². The Labute approximate surface area is 118 Å². The van der Waals surface area contributed by atoms with E-state index in [1.807, 2.05) is 11.8 Å². The summed E-state index contributed by atoms with van der Waals surface area (Å²) in [5.41, 5.74) is 1.43. The fourth-order valence-corrected chi connectivity index (χ4v) is 3.34. The lowest BCUT2D eigenvalue weighted by atomic mass is 9.93. The Morgan fingerprint density at radius 3 is 2.42 bits per heavy atom. The fourth-order valence-electron chi connectivity index (χ4n) is 2.31. The summed E-state index contributed by atoms with van der Waals surface area (Å²) in [7, 11) is 0. The minimum atomic E-state index is 0.511. The molecule has 0 aliphatic heterocycles. The standard InChI is InChI=1S/C18H16S/c1-3-9-15(10-4-1)17-13-7-8-14-18(17)19-16-11-5-2-6-12-16/h1-9,11-15H,10H2. The highest BCUT2D eigenvalue weighted by molar-refractivity contribution is 7.99. The van der Waals surface area contributed by atoms with Gasteiger partial charge in [0, 0.05) is 15.7 Å². The highest BCUT2D eigenvalue weighted by atomic mass is 32.2. The quantitative estimate of drug-likeness (QED) is 0.711. The Hall–Kier alpha value is -1.73. The first-order valence-electron chi connectivity index (χ1n) is 6.58. The highest BCUT2D eigenvalue weighted by Crippen LogP contribution is 2.36. The van der Waals surface area contributed by atoms with Crippen LogP contribution in [0.3, 0.4) is 0 Å². The fraction of sp³-hybridized carbons (Fsp3) is 0.111. The first-order chi connectivity index (χ1) is 9.43. The summed E-state index contributed by atoms with van der Waals surface area (Å²) in [5, 5.41) is 0. The van der Waals surface area contributed by atoms with E-state index in [0.717, 1.165) is 6.42 Å². The van der Waals surface area contributed by atoms with E-state index >= 15 is 0 Å². The molecular formula is C18H16S. The molecule has 0 heterocycles. The van der Waals surface area contributed by atoms with E-state index in [1.54, 1.807) is 0 Å². The van der Waals surface area contributed by atoms with Crippen molar-refractivity contribution in [2.24, 2.45) is 0 Å². The first-order valence-corrected chi connectivity index (χ1v) is 7.40. The SMILES string of the molecule is C1=CCC(c2ccccc2Sc2ccccc2)C=C1. The van der Waals surface area contributed by atoms with Gasteiger partial charge in [-0.2, -0.15) is 0 Å². The summed E-state index contributed by atoms with van der Waals surface area (Å²) >= 11 is 1.85. The first kappa shape index (κ1) is 12.3. The molecule has 0 amide bonds. The zero-order valence-corrected chi connectivity index (χ0v) is 11.5. The van der Waals surface area contributed by atoms with Crippen LogP contribution in [0.2, 0.25) is 0 Å². The van der Waals surface area contributed by atoms with Gasteiger partial charge in [0.05, 0.1) is 0 Å². The Bertz CT molecular complexity index is 596. The van der Waals surface area contributed by atoms with E-state index in [1.165, 1.54) is 15.4 Å². The van der Waals surface area contributed by atoms with Crippen LogP contribution in [-0.4, -0.2) is 0 Å². The lowest BCUT2D eigenvalue weighted by Crippen LogP contribution is -1.98. The molecule has 1 unspecified atom stereocenters. The zero-order chi connectivity index (χ0) is 12.9. The Kier molecular flexibility index (Phi) is 3.85. The van der Waals surface area contributed by atoms with E-state index in [2.05, 4.69) is 78.9 Å². The number of allylic oxidation sites excluding steroid dienone is 4. The van der Waals surface area contributed by atoms with Gasteiger partial charge < -0.3 is 0 Å². The largest absolute Gasteiger partial charge is 0.0898 e. The number of rotatable bonds is 3. The van der Waals surface area contributed by atoms with Crippen molar-refractivity contribution in [1.82, 2.24) is 0 Å². The van der Waals surface area contributed by atoms with Gasteiger partial charge in [-0.3, -0.25) is 0 Å². The van der Waals surface area contributed by atoms with Gasteiger partial charge in [-0.1, -0.05) is 72.5 Å². The van der Waals surface area contributed by atoms with E-state index in [-0.39, 0.29) is 0 Å². The Balaban J connectivity index is 1.89. The van der Waals surface area contributed by atoms with Crippen LogP contribution < -0.4 is 0 Å². The summed E-state index contributed by atoms with van der Waals surface area (Å²) in [4.78, 5) is 2.66. The minimum absolute atomic E-state index is 0.511. The average Bonchev–Trinajstić information content (AvgIpc) is 2.50. The smallest absolute Gasteiger partial charge is 0.0160 e. The summed E-state index contributed by atoms with van der Waals surface area (Å²) in [5.74, 6) is 0.511.